The van der Waals surface area contributed by atoms with Gasteiger partial charge in [0.15, 0.2) is 8.03 Å². The van der Waals surface area contributed by atoms with E-state index in [4.69, 9.17) is 10.5 Å². The van der Waals surface area contributed by atoms with Crippen molar-refractivity contribution in [2.45, 2.75) is 56.6 Å². The number of ether oxygens (including phenoxy) is 1. The molecule has 1 aliphatic carbocycles. The van der Waals surface area contributed by atoms with E-state index in [2.05, 4.69) is 0 Å². The molecule has 0 radical (unpaired) electrons. The molecule has 1 aliphatic rings. The van der Waals surface area contributed by atoms with Gasteiger partial charge in [0.25, 0.3) is 0 Å². The van der Waals surface area contributed by atoms with Crippen LogP contribution in [0.5, 0.6) is 5.75 Å². The summed E-state index contributed by atoms with van der Waals surface area (Å²) in [6, 6.07) is 8.00. The smallest absolute Gasteiger partial charge is 0.198 e. The van der Waals surface area contributed by atoms with Crippen LogP contribution in [0.4, 0.5) is 0 Å². The first-order valence-electron chi connectivity index (χ1n) is 7.73. The van der Waals surface area contributed by atoms with Gasteiger partial charge in [-0.05, 0) is 43.9 Å². The van der Waals surface area contributed by atoms with Crippen molar-refractivity contribution in [3.8, 4) is 5.75 Å². The lowest BCUT2D eigenvalue weighted by atomic mass is 9.89. The Morgan fingerprint density at radius 1 is 1.29 bits per heavy atom. The largest absolute Gasteiger partial charge is 0.492 e. The molecule has 2 rings (SSSR count). The number of rotatable bonds is 6. The minimum Gasteiger partial charge on any atom is -0.492 e. The van der Waals surface area contributed by atoms with Crippen LogP contribution in [0.1, 0.15) is 44.6 Å². The van der Waals surface area contributed by atoms with Crippen LogP contribution >= 0.6 is 8.03 Å². The van der Waals surface area contributed by atoms with E-state index in [0.29, 0.717) is 6.61 Å². The molecule has 0 saturated heterocycles. The molecule has 2 unspecified atom stereocenters. The average molecular weight is 311 g/mol. The molecule has 0 aromatic heterocycles. The lowest BCUT2D eigenvalue weighted by Crippen LogP contribution is -2.34. The highest BCUT2D eigenvalue weighted by Gasteiger charge is 2.38. The molecule has 4 nitrogen and oxygen atoms in total. The molecule has 3 N–H and O–H groups in total. The Hall–Kier alpha value is -0.830. The lowest BCUT2D eigenvalue weighted by Gasteiger charge is -2.34. The summed E-state index contributed by atoms with van der Waals surface area (Å²) >= 11 is 0. The molecule has 0 spiro atoms. The van der Waals surface area contributed by atoms with Gasteiger partial charge in [0.1, 0.15) is 12.4 Å². The zero-order valence-corrected chi connectivity index (χ0v) is 13.7. The summed E-state index contributed by atoms with van der Waals surface area (Å²) in [6.07, 6.45) is 5.63. The molecular weight excluding hydrogens is 285 g/mol. The van der Waals surface area contributed by atoms with Gasteiger partial charge in [0.05, 0.1) is 5.16 Å². The van der Waals surface area contributed by atoms with Crippen molar-refractivity contribution in [3.63, 3.8) is 0 Å². The molecule has 0 heterocycles. The molecule has 1 saturated carbocycles. The van der Waals surface area contributed by atoms with Gasteiger partial charge in [-0.15, -0.1) is 0 Å². The Bertz CT molecular complexity index is 467. The first-order valence-corrected chi connectivity index (χ1v) is 9.08. The van der Waals surface area contributed by atoms with Crippen LogP contribution in [0, 0.1) is 0 Å². The highest BCUT2D eigenvalue weighted by molar-refractivity contribution is 7.40. The van der Waals surface area contributed by atoms with E-state index in [9.17, 15) is 9.46 Å². The fourth-order valence-corrected chi connectivity index (χ4v) is 3.94. The third kappa shape index (κ3) is 4.57. The maximum atomic E-state index is 11.8. The fourth-order valence-electron chi connectivity index (χ4n) is 2.96. The minimum atomic E-state index is -2.58. The molecule has 1 aromatic rings. The summed E-state index contributed by atoms with van der Waals surface area (Å²) in [7, 11) is -2.58. The Labute approximate surface area is 127 Å². The van der Waals surface area contributed by atoms with Crippen molar-refractivity contribution in [1.29, 1.82) is 0 Å². The molecule has 21 heavy (non-hydrogen) atoms. The van der Waals surface area contributed by atoms with Crippen molar-refractivity contribution in [2.24, 2.45) is 5.73 Å². The Morgan fingerprint density at radius 3 is 2.43 bits per heavy atom. The molecule has 1 aromatic carbocycles. The quantitative estimate of drug-likeness (QED) is 0.792. The maximum absolute atomic E-state index is 11.8. The molecule has 2 atom stereocenters. The Morgan fingerprint density at radius 2 is 1.90 bits per heavy atom. The second-order valence-corrected chi connectivity index (χ2v) is 7.93. The standard InChI is InChI=1S/C16H26NO3P/c1-13(17)11-14-5-7-15(8-6-14)20-12-16(21(18)19)9-3-2-4-10-16/h5-8,13,21H,2-4,9-12,17H2,1H3,(H,18,19). The number of hydrogen-bond donors (Lipinski definition) is 2. The van der Waals surface area contributed by atoms with E-state index < -0.39 is 13.2 Å². The fraction of sp³-hybridized carbons (Fsp3) is 0.625. The molecule has 0 bridgehead atoms. The summed E-state index contributed by atoms with van der Waals surface area (Å²) in [6.45, 7) is 2.32. The topological polar surface area (TPSA) is 72.5 Å². The van der Waals surface area contributed by atoms with Gasteiger partial charge in [0.2, 0.25) is 0 Å². The van der Waals surface area contributed by atoms with Crippen molar-refractivity contribution in [3.05, 3.63) is 29.8 Å². The van der Waals surface area contributed by atoms with Crippen LogP contribution in [0.2, 0.25) is 0 Å². The highest BCUT2D eigenvalue weighted by atomic mass is 31.1. The van der Waals surface area contributed by atoms with E-state index in [1.54, 1.807) is 0 Å². The van der Waals surface area contributed by atoms with Crippen molar-refractivity contribution >= 4 is 8.03 Å². The van der Waals surface area contributed by atoms with E-state index in [1.807, 2.05) is 31.2 Å². The van der Waals surface area contributed by atoms with Gasteiger partial charge in [0, 0.05) is 6.04 Å². The van der Waals surface area contributed by atoms with Crippen LogP contribution in [0.3, 0.4) is 0 Å². The predicted molar refractivity (Wildman–Crippen MR) is 86.3 cm³/mol. The summed E-state index contributed by atoms with van der Waals surface area (Å²) in [4.78, 5) is 9.70. The summed E-state index contributed by atoms with van der Waals surface area (Å²) < 4.78 is 17.6. The molecule has 0 aliphatic heterocycles. The first-order chi connectivity index (χ1) is 10.0. The molecule has 0 amide bonds. The number of benzene rings is 1. The summed E-state index contributed by atoms with van der Waals surface area (Å²) in [5.41, 5.74) is 6.96. The van der Waals surface area contributed by atoms with Gasteiger partial charge in [-0.3, -0.25) is 4.57 Å². The van der Waals surface area contributed by atoms with Gasteiger partial charge >= 0.3 is 0 Å². The first kappa shape index (κ1) is 16.5. The van der Waals surface area contributed by atoms with Crippen molar-refractivity contribution in [1.82, 2.24) is 0 Å². The second-order valence-electron chi connectivity index (χ2n) is 6.26. The van der Waals surface area contributed by atoms with Crippen LogP contribution in [-0.4, -0.2) is 22.7 Å². The number of nitrogens with two attached hydrogens (primary N) is 1. The molecular formula is C16H26NO3P. The Balaban J connectivity index is 1.96. The lowest BCUT2D eigenvalue weighted by molar-refractivity contribution is 0.217. The molecule has 118 valence electrons. The van der Waals surface area contributed by atoms with E-state index >= 15 is 0 Å². The Kier molecular flexibility index (Phi) is 5.86. The zero-order chi connectivity index (χ0) is 15.3. The van der Waals surface area contributed by atoms with Gasteiger partial charge in [-0.2, -0.15) is 0 Å². The SMILES string of the molecule is CC(N)Cc1ccc(OCC2([PH](=O)O)CCCCC2)cc1. The third-order valence-electron chi connectivity index (χ3n) is 4.26. The normalized spacial score (nSPS) is 20.7. The van der Waals surface area contributed by atoms with Gasteiger partial charge < -0.3 is 15.4 Å². The summed E-state index contributed by atoms with van der Waals surface area (Å²) in [5.74, 6) is 0.761. The highest BCUT2D eigenvalue weighted by Crippen LogP contribution is 2.46. The predicted octanol–water partition coefficient (Wildman–Crippen LogP) is 3.13. The van der Waals surface area contributed by atoms with Crippen molar-refractivity contribution in [2.75, 3.05) is 6.61 Å². The zero-order valence-electron chi connectivity index (χ0n) is 12.7. The van der Waals surface area contributed by atoms with Crippen LogP contribution in [0.25, 0.3) is 0 Å². The van der Waals surface area contributed by atoms with Gasteiger partial charge in [-0.1, -0.05) is 31.4 Å². The minimum absolute atomic E-state index is 0.141. The molecule has 1 fully saturated rings. The average Bonchev–Trinajstić information content (AvgIpc) is 2.47. The van der Waals surface area contributed by atoms with E-state index in [0.717, 1.165) is 44.3 Å². The van der Waals surface area contributed by atoms with Crippen LogP contribution in [0.15, 0.2) is 24.3 Å². The third-order valence-corrected chi connectivity index (χ3v) is 5.81. The van der Waals surface area contributed by atoms with E-state index in [1.165, 1.54) is 5.56 Å². The second kappa shape index (κ2) is 7.44. The van der Waals surface area contributed by atoms with Crippen LogP contribution < -0.4 is 10.5 Å². The number of hydrogen-bond acceptors (Lipinski definition) is 3. The monoisotopic (exact) mass is 311 g/mol. The van der Waals surface area contributed by atoms with E-state index in [-0.39, 0.29) is 6.04 Å². The maximum Gasteiger partial charge on any atom is 0.198 e. The van der Waals surface area contributed by atoms with Gasteiger partial charge in [-0.25, -0.2) is 0 Å². The summed E-state index contributed by atoms with van der Waals surface area (Å²) in [5, 5.41) is -0.520. The molecule has 5 heteroatoms. The van der Waals surface area contributed by atoms with Crippen LogP contribution in [-0.2, 0) is 11.0 Å². The van der Waals surface area contributed by atoms with Crippen molar-refractivity contribution < 1.29 is 14.2 Å².